The van der Waals surface area contributed by atoms with E-state index in [1.165, 1.54) is 0 Å². The van der Waals surface area contributed by atoms with Gasteiger partial charge in [-0.2, -0.15) is 5.26 Å². The predicted octanol–water partition coefficient (Wildman–Crippen LogP) is 2.33. The number of nitrogens with zero attached hydrogens (tertiary/aromatic N) is 3. The molecule has 0 aliphatic carbocycles. The zero-order valence-electron chi connectivity index (χ0n) is 14.8. The van der Waals surface area contributed by atoms with E-state index in [1.807, 2.05) is 24.3 Å². The van der Waals surface area contributed by atoms with E-state index in [4.69, 9.17) is 10.00 Å². The molecule has 0 spiro atoms. The fraction of sp³-hybridized carbons (Fsp3) is 0.300. The maximum Gasteiger partial charge on any atom is 0.238 e. The Bertz CT molecular complexity index is 807. The van der Waals surface area contributed by atoms with Crippen LogP contribution in [0.15, 0.2) is 48.5 Å². The smallest absolute Gasteiger partial charge is 0.238 e. The summed E-state index contributed by atoms with van der Waals surface area (Å²) >= 11 is 0. The molecule has 1 amide bonds. The van der Waals surface area contributed by atoms with Crippen molar-refractivity contribution in [2.24, 2.45) is 0 Å². The number of hydrogen-bond donors (Lipinski definition) is 1. The molecule has 1 fully saturated rings. The number of hydrogen-bond acceptors (Lipinski definition) is 5. The molecular weight excluding hydrogens is 328 g/mol. The van der Waals surface area contributed by atoms with E-state index in [-0.39, 0.29) is 5.91 Å². The van der Waals surface area contributed by atoms with E-state index in [2.05, 4.69) is 27.3 Å². The first-order valence-electron chi connectivity index (χ1n) is 8.60. The van der Waals surface area contributed by atoms with Crippen molar-refractivity contribution in [3.63, 3.8) is 0 Å². The minimum atomic E-state index is -0.0987. The van der Waals surface area contributed by atoms with Crippen molar-refractivity contribution in [3.05, 3.63) is 54.1 Å². The van der Waals surface area contributed by atoms with Gasteiger partial charge in [-0.25, -0.2) is 0 Å². The van der Waals surface area contributed by atoms with Crippen LogP contribution in [-0.4, -0.2) is 50.6 Å². The lowest BCUT2D eigenvalue weighted by Crippen LogP contribution is -2.48. The zero-order chi connectivity index (χ0) is 18.4. The van der Waals surface area contributed by atoms with Crippen LogP contribution in [0.3, 0.4) is 0 Å². The topological polar surface area (TPSA) is 68.6 Å². The maximum absolute atomic E-state index is 12.3. The second kappa shape index (κ2) is 8.37. The summed E-state index contributed by atoms with van der Waals surface area (Å²) in [7, 11) is 1.68. The number of methoxy groups -OCH3 is 1. The van der Waals surface area contributed by atoms with Crippen LogP contribution < -0.4 is 15.0 Å². The van der Waals surface area contributed by atoms with E-state index >= 15 is 0 Å². The van der Waals surface area contributed by atoms with E-state index in [0.29, 0.717) is 17.8 Å². The number of anilines is 2. The first kappa shape index (κ1) is 17.8. The van der Waals surface area contributed by atoms with Crippen LogP contribution in [0.1, 0.15) is 5.56 Å². The van der Waals surface area contributed by atoms with Gasteiger partial charge in [0.2, 0.25) is 5.91 Å². The van der Waals surface area contributed by atoms with Crippen molar-refractivity contribution >= 4 is 17.3 Å². The Balaban J connectivity index is 1.54. The summed E-state index contributed by atoms with van der Waals surface area (Å²) in [5.74, 6) is 0.769. The van der Waals surface area contributed by atoms with Crippen molar-refractivity contribution in [3.8, 4) is 11.8 Å². The second-order valence-electron chi connectivity index (χ2n) is 6.14. The minimum absolute atomic E-state index is 0.0987. The maximum atomic E-state index is 12.3. The molecule has 0 unspecified atom stereocenters. The van der Waals surface area contributed by atoms with Crippen molar-refractivity contribution in [1.82, 2.24) is 4.90 Å². The third kappa shape index (κ3) is 4.13. The molecule has 134 valence electrons. The number of rotatable bonds is 5. The molecule has 1 N–H and O–H groups in total. The van der Waals surface area contributed by atoms with Crippen LogP contribution in [0.5, 0.6) is 5.75 Å². The molecule has 0 bridgehead atoms. The molecular formula is C20H22N4O2. The number of amides is 1. The van der Waals surface area contributed by atoms with E-state index < -0.39 is 0 Å². The van der Waals surface area contributed by atoms with Crippen molar-refractivity contribution in [1.29, 1.82) is 5.26 Å². The molecule has 1 aliphatic heterocycles. The van der Waals surface area contributed by atoms with Gasteiger partial charge in [0.05, 0.1) is 30.6 Å². The first-order chi connectivity index (χ1) is 12.7. The molecule has 1 saturated heterocycles. The van der Waals surface area contributed by atoms with Gasteiger partial charge in [-0.1, -0.05) is 24.3 Å². The van der Waals surface area contributed by atoms with Gasteiger partial charge >= 0.3 is 0 Å². The first-order valence-corrected chi connectivity index (χ1v) is 8.60. The van der Waals surface area contributed by atoms with E-state index in [0.717, 1.165) is 37.6 Å². The molecule has 0 aromatic heterocycles. The normalized spacial score (nSPS) is 14.5. The van der Waals surface area contributed by atoms with Crippen LogP contribution in [0.2, 0.25) is 0 Å². The lowest BCUT2D eigenvalue weighted by molar-refractivity contribution is -0.117. The average molecular weight is 350 g/mol. The number of piperazine rings is 1. The van der Waals surface area contributed by atoms with E-state index in [9.17, 15) is 4.79 Å². The number of nitrogens with one attached hydrogen (secondary N) is 1. The van der Waals surface area contributed by atoms with Gasteiger partial charge < -0.3 is 15.0 Å². The number of para-hydroxylation sites is 3. The van der Waals surface area contributed by atoms with Gasteiger partial charge in [-0.3, -0.25) is 9.69 Å². The van der Waals surface area contributed by atoms with Gasteiger partial charge in [-0.05, 0) is 24.3 Å². The molecule has 1 aliphatic rings. The van der Waals surface area contributed by atoms with Gasteiger partial charge in [0, 0.05) is 26.2 Å². The molecule has 6 nitrogen and oxygen atoms in total. The number of ether oxygens (including phenoxy) is 1. The van der Waals surface area contributed by atoms with Crippen LogP contribution in [0, 0.1) is 11.3 Å². The second-order valence-corrected chi connectivity index (χ2v) is 6.14. The largest absolute Gasteiger partial charge is 0.495 e. The Labute approximate surface area is 153 Å². The molecule has 1 heterocycles. The van der Waals surface area contributed by atoms with Crippen LogP contribution in [-0.2, 0) is 4.79 Å². The quantitative estimate of drug-likeness (QED) is 0.896. The summed E-state index contributed by atoms with van der Waals surface area (Å²) in [6.45, 7) is 3.58. The highest BCUT2D eigenvalue weighted by Gasteiger charge is 2.21. The highest BCUT2D eigenvalue weighted by Crippen LogP contribution is 2.28. The number of carbonyl (C=O) groups excluding carboxylic acids is 1. The molecule has 2 aromatic rings. The summed E-state index contributed by atoms with van der Waals surface area (Å²) in [6.07, 6.45) is 0. The fourth-order valence-electron chi connectivity index (χ4n) is 3.12. The number of nitriles is 1. The molecule has 3 rings (SSSR count). The fourth-order valence-corrected chi connectivity index (χ4v) is 3.12. The summed E-state index contributed by atoms with van der Waals surface area (Å²) in [5.41, 5.74) is 2.12. The molecule has 26 heavy (non-hydrogen) atoms. The van der Waals surface area contributed by atoms with Gasteiger partial charge in [0.1, 0.15) is 11.8 Å². The van der Waals surface area contributed by atoms with Gasteiger partial charge in [-0.15, -0.1) is 0 Å². The Morgan fingerprint density at radius 3 is 2.54 bits per heavy atom. The van der Waals surface area contributed by atoms with Crippen molar-refractivity contribution in [2.75, 3.05) is 50.1 Å². The van der Waals surface area contributed by atoms with Gasteiger partial charge in [0.15, 0.2) is 0 Å². The summed E-state index contributed by atoms with van der Waals surface area (Å²) < 4.78 is 5.43. The van der Waals surface area contributed by atoms with Crippen molar-refractivity contribution in [2.45, 2.75) is 0 Å². The lowest BCUT2D eigenvalue weighted by Gasteiger charge is -2.36. The summed E-state index contributed by atoms with van der Waals surface area (Å²) in [6, 6.07) is 17.1. The van der Waals surface area contributed by atoms with Crippen LogP contribution in [0.4, 0.5) is 11.4 Å². The number of benzene rings is 2. The Morgan fingerprint density at radius 1 is 1.12 bits per heavy atom. The third-order valence-corrected chi connectivity index (χ3v) is 4.49. The molecule has 0 saturated carbocycles. The predicted molar refractivity (Wildman–Crippen MR) is 101 cm³/mol. The Hall–Kier alpha value is -3.04. The van der Waals surface area contributed by atoms with Crippen molar-refractivity contribution < 1.29 is 9.53 Å². The molecule has 6 heteroatoms. The lowest BCUT2D eigenvalue weighted by atomic mass is 10.2. The molecule has 0 atom stereocenters. The monoisotopic (exact) mass is 350 g/mol. The van der Waals surface area contributed by atoms with Crippen LogP contribution >= 0.6 is 0 Å². The minimum Gasteiger partial charge on any atom is -0.495 e. The SMILES string of the molecule is COc1ccccc1N1CCN(CC(=O)Nc2ccccc2C#N)CC1. The van der Waals surface area contributed by atoms with Gasteiger partial charge in [0.25, 0.3) is 0 Å². The molecule has 2 aromatic carbocycles. The number of carbonyl (C=O) groups is 1. The molecule has 0 radical (unpaired) electrons. The third-order valence-electron chi connectivity index (χ3n) is 4.49. The highest BCUT2D eigenvalue weighted by molar-refractivity contribution is 5.93. The van der Waals surface area contributed by atoms with E-state index in [1.54, 1.807) is 25.3 Å². The average Bonchev–Trinajstić information content (AvgIpc) is 2.69. The Kier molecular flexibility index (Phi) is 5.72. The summed E-state index contributed by atoms with van der Waals surface area (Å²) in [5, 5.41) is 11.9. The summed E-state index contributed by atoms with van der Waals surface area (Å²) in [4.78, 5) is 16.7. The highest BCUT2D eigenvalue weighted by atomic mass is 16.5. The van der Waals surface area contributed by atoms with Crippen LogP contribution in [0.25, 0.3) is 0 Å². The zero-order valence-corrected chi connectivity index (χ0v) is 14.8. The Morgan fingerprint density at radius 2 is 1.81 bits per heavy atom. The standard InChI is InChI=1S/C20H22N4O2/c1-26-19-9-5-4-8-18(19)24-12-10-23(11-13-24)15-20(25)22-17-7-3-2-6-16(17)14-21/h2-9H,10-13,15H2,1H3,(H,22,25).